The zero-order valence-corrected chi connectivity index (χ0v) is 11.9. The summed E-state index contributed by atoms with van der Waals surface area (Å²) >= 11 is 5.25. The van der Waals surface area contributed by atoms with Crippen LogP contribution >= 0.6 is 12.2 Å². The van der Waals surface area contributed by atoms with Crippen LogP contribution in [-0.4, -0.2) is 16.6 Å². The van der Waals surface area contributed by atoms with E-state index >= 15 is 0 Å². The Bertz CT molecular complexity index is 676. The van der Waals surface area contributed by atoms with Crippen molar-refractivity contribution in [3.63, 3.8) is 0 Å². The number of hydrogen-bond donors (Lipinski definition) is 1. The molecule has 0 fully saturated rings. The van der Waals surface area contributed by atoms with Crippen LogP contribution in [0.3, 0.4) is 0 Å². The average Bonchev–Trinajstić information content (AvgIpc) is 2.85. The van der Waals surface area contributed by atoms with Crippen molar-refractivity contribution in [1.29, 1.82) is 0 Å². The fourth-order valence-corrected chi connectivity index (χ4v) is 2.48. The van der Waals surface area contributed by atoms with Crippen molar-refractivity contribution in [3.8, 4) is 17.0 Å². The van der Waals surface area contributed by atoms with Crippen LogP contribution in [0.5, 0.6) is 5.75 Å². The van der Waals surface area contributed by atoms with E-state index in [1.165, 1.54) is 5.56 Å². The summed E-state index contributed by atoms with van der Waals surface area (Å²) in [5.41, 5.74) is 3.43. The molecule has 4 heteroatoms. The average molecular weight is 272 g/mol. The number of benzene rings is 1. The molecule has 0 amide bonds. The molecule has 0 atom stereocenters. The van der Waals surface area contributed by atoms with Crippen molar-refractivity contribution in [2.75, 3.05) is 6.61 Å². The summed E-state index contributed by atoms with van der Waals surface area (Å²) in [6.45, 7) is 4.99. The molecule has 2 aromatic rings. The largest absolute Gasteiger partial charge is 0.493 e. The Balaban J connectivity index is 2.09. The molecule has 3 nitrogen and oxygen atoms in total. The van der Waals surface area contributed by atoms with Crippen LogP contribution in [-0.2, 0) is 6.42 Å². The van der Waals surface area contributed by atoms with Gasteiger partial charge >= 0.3 is 0 Å². The van der Waals surface area contributed by atoms with Gasteiger partial charge in [0.25, 0.3) is 0 Å². The lowest BCUT2D eigenvalue weighted by Gasteiger charge is -2.09. The van der Waals surface area contributed by atoms with Crippen molar-refractivity contribution in [3.05, 3.63) is 40.3 Å². The Morgan fingerprint density at radius 2 is 2.16 bits per heavy atom. The van der Waals surface area contributed by atoms with Crippen molar-refractivity contribution in [2.45, 2.75) is 26.2 Å². The Labute approximate surface area is 117 Å². The van der Waals surface area contributed by atoms with E-state index in [0.717, 1.165) is 35.9 Å². The quantitative estimate of drug-likeness (QED) is 0.843. The van der Waals surface area contributed by atoms with Crippen LogP contribution in [0.25, 0.3) is 11.3 Å². The number of ether oxygens (including phenoxy) is 1. The van der Waals surface area contributed by atoms with Gasteiger partial charge in [-0.05, 0) is 35.4 Å². The number of hydrogen-bond acceptors (Lipinski definition) is 3. The Kier molecular flexibility index (Phi) is 3.11. The molecule has 1 aliphatic heterocycles. The van der Waals surface area contributed by atoms with Crippen LogP contribution in [0.1, 0.15) is 31.2 Å². The molecule has 1 aromatic carbocycles. The second-order valence-corrected chi connectivity index (χ2v) is 5.51. The summed E-state index contributed by atoms with van der Waals surface area (Å²) in [5, 5.41) is 0. The van der Waals surface area contributed by atoms with Gasteiger partial charge in [0.05, 0.1) is 6.61 Å². The molecule has 0 saturated carbocycles. The highest BCUT2D eigenvalue weighted by Crippen LogP contribution is 2.30. The minimum Gasteiger partial charge on any atom is -0.493 e. The third kappa shape index (κ3) is 2.40. The van der Waals surface area contributed by atoms with E-state index in [0.29, 0.717) is 10.6 Å². The van der Waals surface area contributed by atoms with Crippen LogP contribution in [0.15, 0.2) is 24.3 Å². The number of nitrogens with zero attached hydrogens (tertiary/aromatic N) is 1. The standard InChI is InChI=1S/C15H16N2OS/c1-9(2)15-16-12(8-14(19)17-15)10-3-4-13-11(7-10)5-6-18-13/h3-4,7-9H,5-6H2,1-2H3,(H,16,17,19). The number of aromatic amines is 1. The van der Waals surface area contributed by atoms with Crippen molar-refractivity contribution < 1.29 is 4.74 Å². The third-order valence-corrected chi connectivity index (χ3v) is 3.52. The molecular weight excluding hydrogens is 256 g/mol. The molecule has 98 valence electrons. The van der Waals surface area contributed by atoms with Crippen molar-refractivity contribution in [2.24, 2.45) is 0 Å². The predicted molar refractivity (Wildman–Crippen MR) is 78.1 cm³/mol. The van der Waals surface area contributed by atoms with E-state index in [1.807, 2.05) is 12.1 Å². The number of aromatic nitrogens is 2. The SMILES string of the molecule is CC(C)c1nc(=S)cc(-c2ccc3c(c2)CCO3)[nH]1. The lowest BCUT2D eigenvalue weighted by atomic mass is 10.1. The number of fused-ring (bicyclic) bond motifs is 1. The topological polar surface area (TPSA) is 37.9 Å². The number of rotatable bonds is 2. The van der Waals surface area contributed by atoms with Crippen LogP contribution in [0.2, 0.25) is 0 Å². The van der Waals surface area contributed by atoms with Gasteiger partial charge in [-0.3, -0.25) is 0 Å². The fourth-order valence-electron chi connectivity index (χ4n) is 2.26. The highest BCUT2D eigenvalue weighted by atomic mass is 32.1. The summed E-state index contributed by atoms with van der Waals surface area (Å²) in [4.78, 5) is 7.74. The summed E-state index contributed by atoms with van der Waals surface area (Å²) in [5.74, 6) is 2.26. The zero-order chi connectivity index (χ0) is 13.4. The maximum absolute atomic E-state index is 5.53. The maximum atomic E-state index is 5.53. The molecule has 0 bridgehead atoms. The zero-order valence-electron chi connectivity index (χ0n) is 11.1. The normalized spacial score (nSPS) is 13.4. The minimum atomic E-state index is 0.333. The molecule has 1 N–H and O–H groups in total. The summed E-state index contributed by atoms with van der Waals surface area (Å²) < 4.78 is 6.17. The summed E-state index contributed by atoms with van der Waals surface area (Å²) in [6, 6.07) is 8.19. The Morgan fingerprint density at radius 3 is 2.95 bits per heavy atom. The monoisotopic (exact) mass is 272 g/mol. The van der Waals surface area contributed by atoms with Crippen molar-refractivity contribution >= 4 is 12.2 Å². The van der Waals surface area contributed by atoms with E-state index < -0.39 is 0 Å². The molecule has 3 rings (SSSR count). The van der Waals surface area contributed by atoms with E-state index in [1.54, 1.807) is 0 Å². The Hall–Kier alpha value is -1.68. The van der Waals surface area contributed by atoms with E-state index in [4.69, 9.17) is 17.0 Å². The van der Waals surface area contributed by atoms with Crippen LogP contribution < -0.4 is 4.74 Å². The smallest absolute Gasteiger partial charge is 0.130 e. The van der Waals surface area contributed by atoms with E-state index in [2.05, 4.69) is 35.9 Å². The van der Waals surface area contributed by atoms with E-state index in [9.17, 15) is 0 Å². The highest BCUT2D eigenvalue weighted by molar-refractivity contribution is 7.71. The third-order valence-electron chi connectivity index (χ3n) is 3.31. The molecule has 1 aromatic heterocycles. The molecule has 19 heavy (non-hydrogen) atoms. The highest BCUT2D eigenvalue weighted by Gasteiger charge is 2.13. The number of H-pyrrole nitrogens is 1. The summed E-state index contributed by atoms with van der Waals surface area (Å²) in [7, 11) is 0. The first-order valence-corrected chi connectivity index (χ1v) is 6.91. The second kappa shape index (κ2) is 4.78. The van der Waals surface area contributed by atoms with Gasteiger partial charge in [-0.25, -0.2) is 4.98 Å². The lowest BCUT2D eigenvalue weighted by molar-refractivity contribution is 0.357. The fraction of sp³-hybridized carbons (Fsp3) is 0.333. The van der Waals surface area contributed by atoms with Crippen LogP contribution in [0.4, 0.5) is 0 Å². The molecule has 1 aliphatic rings. The van der Waals surface area contributed by atoms with Gasteiger partial charge in [0.2, 0.25) is 0 Å². The number of nitrogens with one attached hydrogen (secondary N) is 1. The first-order chi connectivity index (χ1) is 9.13. The van der Waals surface area contributed by atoms with Crippen molar-refractivity contribution in [1.82, 2.24) is 9.97 Å². The van der Waals surface area contributed by atoms with Gasteiger partial charge in [0.15, 0.2) is 0 Å². The lowest BCUT2D eigenvalue weighted by Crippen LogP contribution is -1.99. The second-order valence-electron chi connectivity index (χ2n) is 5.09. The molecule has 0 aliphatic carbocycles. The van der Waals surface area contributed by atoms with Gasteiger partial charge in [-0.2, -0.15) is 0 Å². The molecule has 0 spiro atoms. The molecule has 0 unspecified atom stereocenters. The van der Waals surface area contributed by atoms with Gasteiger partial charge in [0, 0.05) is 18.0 Å². The Morgan fingerprint density at radius 1 is 1.32 bits per heavy atom. The molecule has 0 saturated heterocycles. The van der Waals surface area contributed by atoms with Gasteiger partial charge in [0.1, 0.15) is 16.2 Å². The van der Waals surface area contributed by atoms with Gasteiger partial charge in [-0.15, -0.1) is 0 Å². The first-order valence-electron chi connectivity index (χ1n) is 6.51. The molecule has 2 heterocycles. The molecule has 0 radical (unpaired) electrons. The van der Waals surface area contributed by atoms with Gasteiger partial charge < -0.3 is 9.72 Å². The predicted octanol–water partition coefficient (Wildman–Crippen LogP) is 3.86. The van der Waals surface area contributed by atoms with E-state index in [-0.39, 0.29) is 0 Å². The first kappa shape index (κ1) is 12.4. The van der Waals surface area contributed by atoms with Crippen LogP contribution in [0, 0.1) is 4.64 Å². The van der Waals surface area contributed by atoms with Gasteiger partial charge in [-0.1, -0.05) is 26.1 Å². The maximum Gasteiger partial charge on any atom is 0.130 e. The molecular formula is C15H16N2OS. The summed E-state index contributed by atoms with van der Waals surface area (Å²) in [6.07, 6.45) is 0.978. The minimum absolute atomic E-state index is 0.333.